The molecule has 1 aromatic heterocycles. The van der Waals surface area contributed by atoms with Crippen LogP contribution in [-0.2, 0) is 6.54 Å². The fourth-order valence-electron chi connectivity index (χ4n) is 1.57. The summed E-state index contributed by atoms with van der Waals surface area (Å²) in [5, 5.41) is 5.63. The number of thiophene rings is 1. The van der Waals surface area contributed by atoms with Gasteiger partial charge in [-0.15, -0.1) is 11.3 Å². The van der Waals surface area contributed by atoms with Gasteiger partial charge in [-0.3, -0.25) is 0 Å². The van der Waals surface area contributed by atoms with Crippen LogP contribution in [0.2, 0.25) is 0 Å². The first-order chi connectivity index (χ1) is 8.08. The second-order valence-electron chi connectivity index (χ2n) is 4.90. The van der Waals surface area contributed by atoms with Crippen molar-refractivity contribution >= 4 is 27.3 Å². The first-order valence-electron chi connectivity index (χ1n) is 6.20. The Labute approximate surface area is 118 Å². The third-order valence-electron chi connectivity index (χ3n) is 2.62. The first kappa shape index (κ1) is 15.2. The smallest absolute Gasteiger partial charge is 0.0325 e. The number of nitrogens with one attached hydrogen (secondary N) is 1. The summed E-state index contributed by atoms with van der Waals surface area (Å²) in [5.41, 5.74) is 0. The molecule has 2 nitrogen and oxygen atoms in total. The van der Waals surface area contributed by atoms with Crippen molar-refractivity contribution < 1.29 is 0 Å². The van der Waals surface area contributed by atoms with Gasteiger partial charge < -0.3 is 10.2 Å². The average molecular weight is 319 g/mol. The zero-order valence-corrected chi connectivity index (χ0v) is 13.4. The van der Waals surface area contributed by atoms with E-state index in [1.807, 2.05) is 11.3 Å². The summed E-state index contributed by atoms with van der Waals surface area (Å²) < 4.78 is 1.20. The van der Waals surface area contributed by atoms with Crippen LogP contribution in [0.15, 0.2) is 15.9 Å². The predicted octanol–water partition coefficient (Wildman–Crippen LogP) is 3.58. The second kappa shape index (κ2) is 8.25. The monoisotopic (exact) mass is 318 g/mol. The van der Waals surface area contributed by atoms with Gasteiger partial charge in [-0.1, -0.05) is 13.8 Å². The number of hydrogen-bond donors (Lipinski definition) is 1. The molecule has 0 spiro atoms. The largest absolute Gasteiger partial charge is 0.315 e. The number of nitrogens with zero attached hydrogens (tertiary/aromatic N) is 1. The van der Waals surface area contributed by atoms with Crippen LogP contribution < -0.4 is 5.32 Å². The summed E-state index contributed by atoms with van der Waals surface area (Å²) in [4.78, 5) is 3.78. The first-order valence-corrected chi connectivity index (χ1v) is 7.87. The lowest BCUT2D eigenvalue weighted by atomic mass is 10.1. The maximum absolute atomic E-state index is 3.49. The standard InChI is InChI=1S/C13H23BrN2S/c1-11(2)4-5-15-6-7-16(3)9-13-8-12(14)10-17-13/h8,10-11,15H,4-7,9H2,1-3H3. The molecule has 98 valence electrons. The topological polar surface area (TPSA) is 15.3 Å². The summed E-state index contributed by atoms with van der Waals surface area (Å²) in [6.45, 7) is 8.90. The minimum Gasteiger partial charge on any atom is -0.315 e. The van der Waals surface area contributed by atoms with E-state index in [1.54, 1.807) is 0 Å². The van der Waals surface area contributed by atoms with Gasteiger partial charge in [-0.25, -0.2) is 0 Å². The Morgan fingerprint density at radius 3 is 2.76 bits per heavy atom. The van der Waals surface area contributed by atoms with Gasteiger partial charge in [0.25, 0.3) is 0 Å². The van der Waals surface area contributed by atoms with Gasteiger partial charge >= 0.3 is 0 Å². The van der Waals surface area contributed by atoms with Crippen molar-refractivity contribution in [3.05, 3.63) is 20.8 Å². The Morgan fingerprint density at radius 1 is 1.41 bits per heavy atom. The molecule has 4 heteroatoms. The third-order valence-corrected chi connectivity index (χ3v) is 4.30. The molecule has 1 heterocycles. The van der Waals surface area contributed by atoms with E-state index >= 15 is 0 Å². The highest BCUT2D eigenvalue weighted by Crippen LogP contribution is 2.20. The maximum atomic E-state index is 3.49. The molecule has 1 N–H and O–H groups in total. The average Bonchev–Trinajstić information content (AvgIpc) is 2.63. The highest BCUT2D eigenvalue weighted by Gasteiger charge is 2.02. The van der Waals surface area contributed by atoms with Gasteiger partial charge in [-0.2, -0.15) is 0 Å². The summed E-state index contributed by atoms with van der Waals surface area (Å²) in [6.07, 6.45) is 1.27. The van der Waals surface area contributed by atoms with E-state index in [1.165, 1.54) is 15.8 Å². The van der Waals surface area contributed by atoms with Gasteiger partial charge in [-0.05, 0) is 47.9 Å². The van der Waals surface area contributed by atoms with Crippen LogP contribution in [0.1, 0.15) is 25.1 Å². The van der Waals surface area contributed by atoms with Gasteiger partial charge in [0.2, 0.25) is 0 Å². The van der Waals surface area contributed by atoms with Crippen LogP contribution in [0.25, 0.3) is 0 Å². The Kier molecular flexibility index (Phi) is 7.35. The molecule has 17 heavy (non-hydrogen) atoms. The Bertz CT molecular complexity index is 312. The summed E-state index contributed by atoms with van der Waals surface area (Å²) in [7, 11) is 2.18. The molecule has 1 rings (SSSR count). The summed E-state index contributed by atoms with van der Waals surface area (Å²) in [6, 6.07) is 2.20. The molecule has 0 bridgehead atoms. The Hall–Kier alpha value is 0.1000. The van der Waals surface area contributed by atoms with Crippen molar-refractivity contribution in [2.75, 3.05) is 26.7 Å². The van der Waals surface area contributed by atoms with Crippen LogP contribution in [0, 0.1) is 5.92 Å². The fraction of sp³-hybridized carbons (Fsp3) is 0.692. The minimum absolute atomic E-state index is 0.795. The molecular weight excluding hydrogens is 296 g/mol. The van der Waals surface area contributed by atoms with E-state index in [4.69, 9.17) is 0 Å². The van der Waals surface area contributed by atoms with Crippen LogP contribution in [-0.4, -0.2) is 31.6 Å². The molecule has 0 aliphatic heterocycles. The molecule has 0 saturated carbocycles. The number of halogens is 1. The van der Waals surface area contributed by atoms with Crippen molar-refractivity contribution in [1.29, 1.82) is 0 Å². The van der Waals surface area contributed by atoms with Crippen molar-refractivity contribution in [3.8, 4) is 0 Å². The van der Waals surface area contributed by atoms with Crippen molar-refractivity contribution in [2.45, 2.75) is 26.8 Å². The van der Waals surface area contributed by atoms with Crippen molar-refractivity contribution in [3.63, 3.8) is 0 Å². The fourth-order valence-corrected chi connectivity index (χ4v) is 3.10. The molecule has 0 fully saturated rings. The van der Waals surface area contributed by atoms with Gasteiger partial charge in [0, 0.05) is 34.4 Å². The lowest BCUT2D eigenvalue weighted by molar-refractivity contribution is 0.325. The molecule has 0 saturated heterocycles. The van der Waals surface area contributed by atoms with Gasteiger partial charge in [0.05, 0.1) is 0 Å². The Balaban J connectivity index is 2.07. The van der Waals surface area contributed by atoms with E-state index in [0.717, 1.165) is 32.1 Å². The molecular formula is C13H23BrN2S. The highest BCUT2D eigenvalue weighted by molar-refractivity contribution is 9.10. The SMILES string of the molecule is CC(C)CCNCCN(C)Cc1cc(Br)cs1. The van der Waals surface area contributed by atoms with Crippen LogP contribution in [0.4, 0.5) is 0 Å². The molecule has 0 amide bonds. The minimum atomic E-state index is 0.795. The molecule has 0 aliphatic carbocycles. The van der Waals surface area contributed by atoms with E-state index < -0.39 is 0 Å². The summed E-state index contributed by atoms with van der Waals surface area (Å²) >= 11 is 5.30. The lowest BCUT2D eigenvalue weighted by Crippen LogP contribution is -2.29. The number of rotatable bonds is 8. The Morgan fingerprint density at radius 2 is 2.18 bits per heavy atom. The quantitative estimate of drug-likeness (QED) is 0.737. The number of likely N-dealkylation sites (N-methyl/N-ethyl adjacent to an activating group) is 1. The molecule has 0 aliphatic rings. The maximum Gasteiger partial charge on any atom is 0.0325 e. The predicted molar refractivity (Wildman–Crippen MR) is 80.7 cm³/mol. The third kappa shape index (κ3) is 7.19. The van der Waals surface area contributed by atoms with Crippen molar-refractivity contribution in [2.24, 2.45) is 5.92 Å². The lowest BCUT2D eigenvalue weighted by Gasteiger charge is -2.16. The normalized spacial score (nSPS) is 11.6. The van der Waals surface area contributed by atoms with Crippen LogP contribution in [0.5, 0.6) is 0 Å². The molecule has 0 aromatic carbocycles. The van der Waals surface area contributed by atoms with E-state index in [9.17, 15) is 0 Å². The molecule has 0 unspecified atom stereocenters. The van der Waals surface area contributed by atoms with Crippen molar-refractivity contribution in [1.82, 2.24) is 10.2 Å². The highest BCUT2D eigenvalue weighted by atomic mass is 79.9. The number of hydrogen-bond acceptors (Lipinski definition) is 3. The second-order valence-corrected chi connectivity index (χ2v) is 6.81. The zero-order chi connectivity index (χ0) is 12.7. The summed E-state index contributed by atoms with van der Waals surface area (Å²) in [5.74, 6) is 0.795. The molecule has 0 atom stereocenters. The zero-order valence-electron chi connectivity index (χ0n) is 11.0. The van der Waals surface area contributed by atoms with E-state index in [-0.39, 0.29) is 0 Å². The molecule has 1 aromatic rings. The molecule has 0 radical (unpaired) electrons. The van der Waals surface area contributed by atoms with Gasteiger partial charge in [0.15, 0.2) is 0 Å². The van der Waals surface area contributed by atoms with E-state index in [2.05, 4.69) is 58.5 Å². The van der Waals surface area contributed by atoms with Crippen LogP contribution in [0.3, 0.4) is 0 Å². The van der Waals surface area contributed by atoms with Gasteiger partial charge in [0.1, 0.15) is 0 Å². The van der Waals surface area contributed by atoms with E-state index in [0.29, 0.717) is 0 Å². The van der Waals surface area contributed by atoms with Crippen LogP contribution >= 0.6 is 27.3 Å².